The number of halogens is 6. The zero-order valence-corrected chi connectivity index (χ0v) is 14.0. The molecule has 0 radical (unpaired) electrons. The quantitative estimate of drug-likeness (QED) is 0.423. The molecule has 1 fully saturated rings. The fourth-order valence-electron chi connectivity index (χ4n) is 2.05. The fourth-order valence-corrected chi connectivity index (χ4v) is 2.05. The monoisotopic (exact) mass is 382 g/mol. The van der Waals surface area contributed by atoms with Gasteiger partial charge in [0, 0.05) is 25.4 Å². The number of rotatable bonds is 4. The van der Waals surface area contributed by atoms with Crippen LogP contribution in [0.3, 0.4) is 0 Å². The Morgan fingerprint density at radius 2 is 1.62 bits per heavy atom. The van der Waals surface area contributed by atoms with E-state index in [1.165, 1.54) is 23.6 Å². The van der Waals surface area contributed by atoms with Crippen molar-refractivity contribution in [2.45, 2.75) is 19.2 Å². The van der Waals surface area contributed by atoms with Crippen molar-refractivity contribution in [3.63, 3.8) is 0 Å². The number of likely N-dealkylation sites (tertiary alicyclic amines) is 1. The SMILES string of the molecule is CN(C)C(On1ccccc1=O)N1CCCC1.FP(F)(F)(F)F.[F-]. The van der Waals surface area contributed by atoms with Gasteiger partial charge in [-0.15, -0.1) is 4.73 Å². The Morgan fingerprint density at radius 1 is 1.12 bits per heavy atom. The molecule has 1 aliphatic rings. The molecule has 1 aliphatic heterocycles. The van der Waals surface area contributed by atoms with Gasteiger partial charge < -0.3 is 9.54 Å². The standard InChI is InChI=1S/C12H19N3O2.F5P.FH/c1-13(2)12(14-8-5-6-9-14)17-15-10-4-3-7-11(15)16;1-6(2,3,4)5;/h3-4,7,10,12H,5-6,8-9H2,1-2H3;;1H/p-1. The first kappa shape index (κ1) is 22.7. The molecule has 0 aliphatic carbocycles. The molecular weight excluding hydrogens is 363 g/mol. The molecule has 2 heterocycles. The summed E-state index contributed by atoms with van der Waals surface area (Å²) in [5.74, 6) is 0. The van der Waals surface area contributed by atoms with E-state index in [4.69, 9.17) is 4.84 Å². The maximum Gasteiger partial charge on any atom is -1.00 e. The van der Waals surface area contributed by atoms with E-state index in [1.807, 2.05) is 19.0 Å². The van der Waals surface area contributed by atoms with Crippen molar-refractivity contribution in [1.82, 2.24) is 14.5 Å². The zero-order valence-electron chi connectivity index (χ0n) is 13.1. The molecule has 1 atom stereocenters. The van der Waals surface area contributed by atoms with Crippen LogP contribution in [-0.4, -0.2) is 48.1 Å². The van der Waals surface area contributed by atoms with Crippen molar-refractivity contribution in [2.75, 3.05) is 27.2 Å². The van der Waals surface area contributed by atoms with Gasteiger partial charge in [-0.2, -0.15) is 0 Å². The maximum absolute atomic E-state index is 11.6. The molecule has 24 heavy (non-hydrogen) atoms. The Balaban J connectivity index is 0.000000655. The normalized spacial score (nSPS) is 17.9. The molecule has 1 saturated heterocycles. The smallest absolute Gasteiger partial charge is 1.00 e. The molecule has 0 spiro atoms. The Kier molecular flexibility index (Phi) is 8.20. The molecule has 1 aromatic heterocycles. The van der Waals surface area contributed by atoms with Gasteiger partial charge in [0.05, 0.1) is 0 Å². The molecule has 142 valence electrons. The predicted molar refractivity (Wildman–Crippen MR) is 78.0 cm³/mol. The first-order valence-electron chi connectivity index (χ1n) is 6.78. The number of aromatic nitrogens is 1. The van der Waals surface area contributed by atoms with E-state index in [0.717, 1.165) is 13.1 Å². The van der Waals surface area contributed by atoms with Gasteiger partial charge in [0.25, 0.3) is 5.56 Å². The average Bonchev–Trinajstić information content (AvgIpc) is 2.88. The Bertz CT molecular complexity index is 541. The van der Waals surface area contributed by atoms with Crippen LogP contribution in [0.5, 0.6) is 0 Å². The summed E-state index contributed by atoms with van der Waals surface area (Å²) in [6.07, 6.45) is 3.85. The van der Waals surface area contributed by atoms with Gasteiger partial charge in [-0.3, -0.25) is 14.6 Å². The number of hydrogen-bond donors (Lipinski definition) is 0. The third-order valence-electron chi connectivity index (χ3n) is 2.89. The van der Waals surface area contributed by atoms with E-state index in [9.17, 15) is 25.8 Å². The largest absolute Gasteiger partial charge is 1.00 e. The van der Waals surface area contributed by atoms with Crippen LogP contribution in [0.2, 0.25) is 0 Å². The first-order valence-corrected chi connectivity index (χ1v) is 8.47. The van der Waals surface area contributed by atoms with E-state index in [2.05, 4.69) is 4.90 Å². The van der Waals surface area contributed by atoms with E-state index in [1.54, 1.807) is 18.3 Å². The summed E-state index contributed by atoms with van der Waals surface area (Å²) < 4.78 is 50.5. The Labute approximate surface area is 135 Å². The third kappa shape index (κ3) is 9.74. The first-order chi connectivity index (χ1) is 10.4. The van der Waals surface area contributed by atoms with Crippen LogP contribution in [0, 0.1) is 0 Å². The Morgan fingerprint density at radius 3 is 2.04 bits per heavy atom. The molecule has 12 heteroatoms. The summed E-state index contributed by atoms with van der Waals surface area (Å²) in [5.41, 5.74) is -0.140. The second kappa shape index (κ2) is 8.68. The van der Waals surface area contributed by atoms with Crippen molar-refractivity contribution >= 4 is 8.16 Å². The minimum absolute atomic E-state index is 0. The van der Waals surface area contributed by atoms with Gasteiger partial charge in [0.1, 0.15) is 0 Å². The van der Waals surface area contributed by atoms with Crippen LogP contribution in [-0.2, 0) is 0 Å². The van der Waals surface area contributed by atoms with Crippen molar-refractivity contribution in [3.05, 3.63) is 34.7 Å². The van der Waals surface area contributed by atoms with Crippen LogP contribution in [0.25, 0.3) is 0 Å². The van der Waals surface area contributed by atoms with E-state index in [-0.39, 0.29) is 16.6 Å². The van der Waals surface area contributed by atoms with Gasteiger partial charge >= 0.3 is 29.1 Å². The summed E-state index contributed by atoms with van der Waals surface area (Å²) in [7, 11) is -4.64. The van der Waals surface area contributed by atoms with E-state index < -0.39 is 8.16 Å². The summed E-state index contributed by atoms with van der Waals surface area (Å²) in [5, 5.41) is 0. The zero-order chi connectivity index (χ0) is 17.7. The van der Waals surface area contributed by atoms with Crippen LogP contribution >= 0.6 is 8.16 Å². The number of nitrogens with zero attached hydrogens (tertiary/aromatic N) is 3. The number of hydrogen-bond acceptors (Lipinski definition) is 4. The van der Waals surface area contributed by atoms with Gasteiger partial charge in [-0.05, 0) is 33.0 Å². The second-order valence-corrected chi connectivity index (χ2v) is 6.42. The molecule has 1 aromatic rings. The molecule has 0 N–H and O–H groups in total. The molecule has 0 amide bonds. The predicted octanol–water partition coefficient (Wildman–Crippen LogP) is 0.184. The molecule has 2 rings (SSSR count). The minimum atomic E-state index is -8.55. The van der Waals surface area contributed by atoms with Crippen LogP contribution in [0.4, 0.5) is 21.0 Å². The second-order valence-electron chi connectivity index (χ2n) is 5.14. The van der Waals surface area contributed by atoms with Crippen molar-refractivity contribution in [3.8, 4) is 0 Å². The summed E-state index contributed by atoms with van der Waals surface area (Å²) in [4.78, 5) is 21.6. The van der Waals surface area contributed by atoms with Gasteiger partial charge in [0.15, 0.2) is 0 Å². The van der Waals surface area contributed by atoms with Crippen LogP contribution in [0.1, 0.15) is 12.8 Å². The molecule has 0 aromatic carbocycles. The number of pyridine rings is 1. The van der Waals surface area contributed by atoms with Crippen LogP contribution < -0.4 is 15.1 Å². The van der Waals surface area contributed by atoms with Crippen molar-refractivity contribution in [1.29, 1.82) is 0 Å². The maximum atomic E-state index is 11.6. The molecule has 5 nitrogen and oxygen atoms in total. The van der Waals surface area contributed by atoms with Gasteiger partial charge in [0.2, 0.25) is 6.35 Å². The van der Waals surface area contributed by atoms with E-state index in [0.29, 0.717) is 0 Å². The van der Waals surface area contributed by atoms with Crippen LogP contribution in [0.15, 0.2) is 29.2 Å². The average molecular weight is 382 g/mol. The fraction of sp³-hybridized carbons (Fsp3) is 0.583. The van der Waals surface area contributed by atoms with Crippen molar-refractivity contribution in [2.24, 2.45) is 0 Å². The minimum Gasteiger partial charge on any atom is -1.00 e. The Hall–Kier alpha value is -1.32. The van der Waals surface area contributed by atoms with Gasteiger partial charge in [-0.25, -0.2) is 0 Å². The molecule has 0 saturated carbocycles. The van der Waals surface area contributed by atoms with E-state index >= 15 is 0 Å². The third-order valence-corrected chi connectivity index (χ3v) is 2.89. The van der Waals surface area contributed by atoms with Crippen molar-refractivity contribution < 1.29 is 30.5 Å². The van der Waals surface area contributed by atoms with Gasteiger partial charge in [-0.1, -0.05) is 6.07 Å². The summed E-state index contributed by atoms with van der Waals surface area (Å²) in [6, 6.07) is 5.00. The summed E-state index contributed by atoms with van der Waals surface area (Å²) >= 11 is 0. The molecular formula is C12H19F6N3O2P-. The molecule has 1 unspecified atom stereocenters. The summed E-state index contributed by atoms with van der Waals surface area (Å²) in [6.45, 7) is 2.04. The topological polar surface area (TPSA) is 37.7 Å². The molecule has 0 bridgehead atoms.